The third-order valence-corrected chi connectivity index (χ3v) is 12.2. The van der Waals surface area contributed by atoms with Crippen molar-refractivity contribution in [2.24, 2.45) is 0 Å². The SMILES string of the molecule is c1ccc(-c2ccc(N(c3cccc(-c4ccc5sc6ccccc6c5c4-c4cccc(-c5ccccc5)c4)c3)c3ccc4c(c3)oc3ccccc34)cc2)cc1. The number of fused-ring (bicyclic) bond motifs is 6. The molecule has 3 heteroatoms. The van der Waals surface area contributed by atoms with E-state index < -0.39 is 0 Å². The summed E-state index contributed by atoms with van der Waals surface area (Å²) in [5.41, 5.74) is 14.5. The summed E-state index contributed by atoms with van der Waals surface area (Å²) in [6.07, 6.45) is 0. The monoisotopic (exact) mass is 745 g/mol. The second-order valence-electron chi connectivity index (χ2n) is 14.5. The molecule has 0 aliphatic carbocycles. The zero-order chi connectivity index (χ0) is 37.7. The fourth-order valence-corrected chi connectivity index (χ4v) is 9.50. The topological polar surface area (TPSA) is 16.4 Å². The maximum absolute atomic E-state index is 6.43. The first kappa shape index (κ1) is 33.2. The van der Waals surface area contributed by atoms with E-state index in [1.54, 1.807) is 0 Å². The summed E-state index contributed by atoms with van der Waals surface area (Å²) in [5.74, 6) is 0. The highest BCUT2D eigenvalue weighted by atomic mass is 32.1. The number of hydrogen-bond donors (Lipinski definition) is 0. The van der Waals surface area contributed by atoms with E-state index in [1.807, 2.05) is 23.5 Å². The molecule has 2 aromatic heterocycles. The van der Waals surface area contributed by atoms with E-state index in [9.17, 15) is 0 Å². The third-order valence-electron chi connectivity index (χ3n) is 11.1. The number of rotatable bonds is 7. The van der Waals surface area contributed by atoms with Crippen LogP contribution in [0.1, 0.15) is 0 Å². The maximum Gasteiger partial charge on any atom is 0.137 e. The minimum atomic E-state index is 0.867. The lowest BCUT2D eigenvalue weighted by atomic mass is 9.89. The van der Waals surface area contributed by atoms with Crippen LogP contribution in [0, 0.1) is 0 Å². The van der Waals surface area contributed by atoms with Crippen LogP contribution in [0.15, 0.2) is 217 Å². The highest BCUT2D eigenvalue weighted by Gasteiger charge is 2.20. The van der Waals surface area contributed by atoms with Gasteiger partial charge in [-0.05, 0) is 105 Å². The first-order chi connectivity index (χ1) is 28.2. The third kappa shape index (κ3) is 5.88. The highest BCUT2D eigenvalue weighted by molar-refractivity contribution is 7.26. The average Bonchev–Trinajstić information content (AvgIpc) is 3.85. The number of hydrogen-bond acceptors (Lipinski definition) is 3. The van der Waals surface area contributed by atoms with Gasteiger partial charge in [-0.1, -0.05) is 146 Å². The first-order valence-corrected chi connectivity index (χ1v) is 20.1. The fourth-order valence-electron chi connectivity index (χ4n) is 8.39. The van der Waals surface area contributed by atoms with Gasteiger partial charge in [-0.15, -0.1) is 11.3 Å². The summed E-state index contributed by atoms with van der Waals surface area (Å²) in [6, 6.07) is 76.4. The van der Waals surface area contributed by atoms with Gasteiger partial charge in [0, 0.05) is 54.1 Å². The lowest BCUT2D eigenvalue weighted by Gasteiger charge is -2.26. The predicted octanol–water partition coefficient (Wildman–Crippen LogP) is 16.1. The Labute approximate surface area is 335 Å². The van der Waals surface area contributed by atoms with Gasteiger partial charge >= 0.3 is 0 Å². The number of furan rings is 1. The van der Waals surface area contributed by atoms with Crippen molar-refractivity contribution in [1.82, 2.24) is 0 Å². The normalized spacial score (nSPS) is 11.5. The molecule has 11 aromatic rings. The summed E-state index contributed by atoms with van der Waals surface area (Å²) in [6.45, 7) is 0. The van der Waals surface area contributed by atoms with Gasteiger partial charge in [0.25, 0.3) is 0 Å². The molecule has 2 nitrogen and oxygen atoms in total. The van der Waals surface area contributed by atoms with Gasteiger partial charge in [0.15, 0.2) is 0 Å². The Morgan fingerprint density at radius 3 is 1.75 bits per heavy atom. The first-order valence-electron chi connectivity index (χ1n) is 19.3. The van der Waals surface area contributed by atoms with E-state index in [2.05, 4.69) is 205 Å². The molecule has 268 valence electrons. The Kier molecular flexibility index (Phi) is 8.04. The molecule has 57 heavy (non-hydrogen) atoms. The van der Waals surface area contributed by atoms with Gasteiger partial charge in [0.2, 0.25) is 0 Å². The highest BCUT2D eigenvalue weighted by Crippen LogP contribution is 2.47. The molecule has 0 fully saturated rings. The van der Waals surface area contributed by atoms with E-state index in [0.29, 0.717) is 0 Å². The van der Waals surface area contributed by atoms with Crippen molar-refractivity contribution in [2.75, 3.05) is 4.90 Å². The van der Waals surface area contributed by atoms with Crippen molar-refractivity contribution in [3.63, 3.8) is 0 Å². The molecule has 0 atom stereocenters. The van der Waals surface area contributed by atoms with Crippen LogP contribution in [-0.4, -0.2) is 0 Å². The van der Waals surface area contributed by atoms with Crippen molar-refractivity contribution in [1.29, 1.82) is 0 Å². The van der Waals surface area contributed by atoms with Crippen molar-refractivity contribution in [3.05, 3.63) is 212 Å². The van der Waals surface area contributed by atoms with Crippen molar-refractivity contribution < 1.29 is 4.42 Å². The second kappa shape index (κ2) is 13.8. The molecular formula is C54H35NOS. The van der Waals surface area contributed by atoms with Crippen molar-refractivity contribution in [3.8, 4) is 44.5 Å². The van der Waals surface area contributed by atoms with Gasteiger partial charge < -0.3 is 9.32 Å². The lowest BCUT2D eigenvalue weighted by Crippen LogP contribution is -2.10. The van der Waals surface area contributed by atoms with E-state index in [1.165, 1.54) is 59.1 Å². The summed E-state index contributed by atoms with van der Waals surface area (Å²) < 4.78 is 9.02. The number of benzene rings is 9. The van der Waals surface area contributed by atoms with Crippen LogP contribution in [0.4, 0.5) is 17.1 Å². The van der Waals surface area contributed by atoms with Crippen molar-refractivity contribution >= 4 is 70.5 Å². The van der Waals surface area contributed by atoms with Gasteiger partial charge in [-0.3, -0.25) is 0 Å². The number of para-hydroxylation sites is 1. The Morgan fingerprint density at radius 2 is 0.930 bits per heavy atom. The molecule has 0 unspecified atom stereocenters. The van der Waals surface area contributed by atoms with Crippen LogP contribution < -0.4 is 4.90 Å². The molecule has 0 N–H and O–H groups in total. The standard InChI is InChI=1S/C54H35NOS/c1-3-13-36(14-4-1)38-25-27-42(28-26-38)55(44-29-30-47-46-21-7-9-23-49(46)56-50(47)35-44)43-20-12-18-40(34-43)45-31-32-52-54(48-22-8-10-24-51(48)57-52)53(45)41-19-11-17-39(33-41)37-15-5-2-6-16-37/h1-35H. The summed E-state index contributed by atoms with van der Waals surface area (Å²) in [5, 5.41) is 4.82. The second-order valence-corrected chi connectivity index (χ2v) is 15.6. The molecule has 9 aromatic carbocycles. The molecular weight excluding hydrogens is 711 g/mol. The summed E-state index contributed by atoms with van der Waals surface area (Å²) in [4.78, 5) is 2.35. The minimum absolute atomic E-state index is 0.867. The number of thiophene rings is 1. The summed E-state index contributed by atoms with van der Waals surface area (Å²) >= 11 is 1.86. The van der Waals surface area contributed by atoms with Crippen LogP contribution in [0.5, 0.6) is 0 Å². The van der Waals surface area contributed by atoms with Crippen LogP contribution in [-0.2, 0) is 0 Å². The largest absolute Gasteiger partial charge is 0.456 e. The van der Waals surface area contributed by atoms with E-state index in [4.69, 9.17) is 4.42 Å². The van der Waals surface area contributed by atoms with Crippen molar-refractivity contribution in [2.45, 2.75) is 0 Å². The Hall–Kier alpha value is -7.20. The van der Waals surface area contributed by atoms with Gasteiger partial charge in [-0.25, -0.2) is 0 Å². The van der Waals surface area contributed by atoms with Crippen LogP contribution in [0.2, 0.25) is 0 Å². The maximum atomic E-state index is 6.43. The molecule has 0 saturated heterocycles. The van der Waals surface area contributed by atoms with E-state index >= 15 is 0 Å². The zero-order valence-electron chi connectivity index (χ0n) is 31.0. The van der Waals surface area contributed by atoms with Crippen LogP contribution in [0.3, 0.4) is 0 Å². The average molecular weight is 746 g/mol. The molecule has 0 radical (unpaired) electrons. The number of nitrogens with zero attached hydrogens (tertiary/aromatic N) is 1. The Balaban J connectivity index is 1.11. The fraction of sp³-hybridized carbons (Fsp3) is 0. The molecule has 0 amide bonds. The molecule has 0 bridgehead atoms. The van der Waals surface area contributed by atoms with Gasteiger partial charge in [0.1, 0.15) is 11.2 Å². The minimum Gasteiger partial charge on any atom is -0.456 e. The summed E-state index contributed by atoms with van der Waals surface area (Å²) in [7, 11) is 0. The molecule has 0 saturated carbocycles. The van der Waals surface area contributed by atoms with Gasteiger partial charge in [0.05, 0.1) is 0 Å². The van der Waals surface area contributed by atoms with Crippen LogP contribution >= 0.6 is 11.3 Å². The Bertz CT molecular complexity index is 3230. The zero-order valence-corrected chi connectivity index (χ0v) is 31.8. The molecule has 0 spiro atoms. The van der Waals surface area contributed by atoms with E-state index in [-0.39, 0.29) is 0 Å². The van der Waals surface area contributed by atoms with E-state index in [0.717, 1.165) is 44.6 Å². The molecule has 11 rings (SSSR count). The molecule has 0 aliphatic rings. The Morgan fingerprint density at radius 1 is 0.333 bits per heavy atom. The smallest absolute Gasteiger partial charge is 0.137 e. The quantitative estimate of drug-likeness (QED) is 0.162. The molecule has 0 aliphatic heterocycles. The van der Waals surface area contributed by atoms with Gasteiger partial charge in [-0.2, -0.15) is 0 Å². The number of anilines is 3. The predicted molar refractivity (Wildman–Crippen MR) is 243 cm³/mol. The lowest BCUT2D eigenvalue weighted by molar-refractivity contribution is 0.669. The van der Waals surface area contributed by atoms with Crippen LogP contribution in [0.25, 0.3) is 86.6 Å². The molecule has 2 heterocycles.